The van der Waals surface area contributed by atoms with Crippen molar-refractivity contribution in [3.63, 3.8) is 0 Å². The minimum atomic E-state index is -0.138. The Bertz CT molecular complexity index is 766. The second kappa shape index (κ2) is 7.59. The molecule has 1 unspecified atom stereocenters. The van der Waals surface area contributed by atoms with Crippen molar-refractivity contribution < 1.29 is 13.7 Å². The summed E-state index contributed by atoms with van der Waals surface area (Å²) in [6, 6.07) is 13.2. The molecule has 2 heterocycles. The molecule has 6 nitrogen and oxygen atoms in total. The summed E-state index contributed by atoms with van der Waals surface area (Å²) in [6.07, 6.45) is 3.21. The Hall–Kier alpha value is -2.89. The maximum atomic E-state index is 11.9. The van der Waals surface area contributed by atoms with Gasteiger partial charge in [-0.15, -0.1) is 0 Å². The van der Waals surface area contributed by atoms with Crippen LogP contribution in [0.4, 0.5) is 0 Å². The fraction of sp³-hybridized carbons (Fsp3) is 0.278. The molecule has 3 aromatic rings. The lowest BCUT2D eigenvalue weighted by molar-refractivity contribution is -0.121. The molecule has 0 radical (unpaired) electrons. The highest BCUT2D eigenvalue weighted by molar-refractivity contribution is 5.76. The van der Waals surface area contributed by atoms with Gasteiger partial charge in [-0.2, -0.15) is 4.98 Å². The molecule has 0 saturated heterocycles. The van der Waals surface area contributed by atoms with E-state index in [4.69, 9.17) is 8.94 Å². The van der Waals surface area contributed by atoms with Crippen molar-refractivity contribution in [3.8, 4) is 11.4 Å². The zero-order chi connectivity index (χ0) is 16.8. The quantitative estimate of drug-likeness (QED) is 0.718. The number of carbonyl (C=O) groups excluding carboxylic acids is 1. The Labute approximate surface area is 139 Å². The van der Waals surface area contributed by atoms with E-state index in [-0.39, 0.29) is 11.9 Å². The van der Waals surface area contributed by atoms with Crippen LogP contribution in [-0.2, 0) is 11.2 Å². The van der Waals surface area contributed by atoms with Gasteiger partial charge < -0.3 is 14.3 Å². The van der Waals surface area contributed by atoms with Gasteiger partial charge in [0, 0.05) is 18.4 Å². The third-order valence-electron chi connectivity index (χ3n) is 3.64. The number of hydrogen-bond acceptors (Lipinski definition) is 5. The Balaban J connectivity index is 1.45. The minimum absolute atomic E-state index is 0.0262. The van der Waals surface area contributed by atoms with Crippen molar-refractivity contribution in [1.82, 2.24) is 15.5 Å². The van der Waals surface area contributed by atoms with E-state index in [9.17, 15) is 4.79 Å². The Morgan fingerprint density at radius 1 is 1.21 bits per heavy atom. The summed E-state index contributed by atoms with van der Waals surface area (Å²) in [4.78, 5) is 16.3. The largest absolute Gasteiger partial charge is 0.467 e. The highest BCUT2D eigenvalue weighted by Gasteiger charge is 2.13. The van der Waals surface area contributed by atoms with Crippen LogP contribution in [0.2, 0.25) is 0 Å². The van der Waals surface area contributed by atoms with Crippen molar-refractivity contribution in [2.75, 3.05) is 0 Å². The lowest BCUT2D eigenvalue weighted by Gasteiger charge is -2.10. The number of nitrogens with zero attached hydrogens (tertiary/aromatic N) is 2. The van der Waals surface area contributed by atoms with Crippen LogP contribution in [-0.4, -0.2) is 16.0 Å². The van der Waals surface area contributed by atoms with Crippen LogP contribution in [0.5, 0.6) is 0 Å². The molecule has 0 saturated carbocycles. The standard InChI is InChI=1S/C18H19N3O3/c1-13(15-9-6-12-23-15)19-16(22)10-5-11-17-20-18(21-24-17)14-7-3-2-4-8-14/h2-4,6-9,12-13H,5,10-11H2,1H3,(H,19,22). The number of benzene rings is 1. The molecule has 0 bridgehead atoms. The third-order valence-corrected chi connectivity index (χ3v) is 3.64. The minimum Gasteiger partial charge on any atom is -0.467 e. The van der Waals surface area contributed by atoms with Gasteiger partial charge >= 0.3 is 0 Å². The summed E-state index contributed by atoms with van der Waals surface area (Å²) in [5.74, 6) is 1.83. The summed E-state index contributed by atoms with van der Waals surface area (Å²) in [7, 11) is 0. The molecule has 1 amide bonds. The molecular formula is C18H19N3O3. The maximum Gasteiger partial charge on any atom is 0.226 e. The van der Waals surface area contributed by atoms with Crippen molar-refractivity contribution in [2.24, 2.45) is 0 Å². The van der Waals surface area contributed by atoms with E-state index in [1.54, 1.807) is 12.3 Å². The third kappa shape index (κ3) is 4.10. The Morgan fingerprint density at radius 3 is 2.79 bits per heavy atom. The molecule has 0 aliphatic carbocycles. The van der Waals surface area contributed by atoms with Crippen LogP contribution >= 0.6 is 0 Å². The van der Waals surface area contributed by atoms with E-state index in [2.05, 4.69) is 15.5 Å². The Kier molecular flexibility index (Phi) is 5.05. The van der Waals surface area contributed by atoms with Crippen molar-refractivity contribution in [3.05, 3.63) is 60.4 Å². The molecule has 1 N–H and O–H groups in total. The first kappa shape index (κ1) is 16.0. The van der Waals surface area contributed by atoms with Crippen molar-refractivity contribution in [2.45, 2.75) is 32.2 Å². The van der Waals surface area contributed by atoms with Gasteiger partial charge in [-0.3, -0.25) is 4.79 Å². The summed E-state index contributed by atoms with van der Waals surface area (Å²) >= 11 is 0. The topological polar surface area (TPSA) is 81.2 Å². The zero-order valence-electron chi connectivity index (χ0n) is 13.4. The van der Waals surface area contributed by atoms with E-state index >= 15 is 0 Å². The number of furan rings is 1. The Morgan fingerprint density at radius 2 is 2.04 bits per heavy atom. The van der Waals surface area contributed by atoms with Crippen LogP contribution in [0.15, 0.2) is 57.7 Å². The SMILES string of the molecule is CC(NC(=O)CCCc1nc(-c2ccccc2)no1)c1ccco1. The van der Waals surface area contributed by atoms with Crippen LogP contribution in [0.1, 0.15) is 37.5 Å². The molecule has 1 atom stereocenters. The highest BCUT2D eigenvalue weighted by atomic mass is 16.5. The fourth-order valence-electron chi connectivity index (χ4n) is 2.38. The molecule has 24 heavy (non-hydrogen) atoms. The van der Waals surface area contributed by atoms with Gasteiger partial charge in [0.1, 0.15) is 5.76 Å². The van der Waals surface area contributed by atoms with E-state index < -0.39 is 0 Å². The van der Waals surface area contributed by atoms with E-state index in [1.165, 1.54) is 0 Å². The number of rotatable bonds is 7. The molecule has 3 rings (SSSR count). The first-order valence-electron chi connectivity index (χ1n) is 7.93. The van der Waals surface area contributed by atoms with Crippen molar-refractivity contribution in [1.29, 1.82) is 0 Å². The van der Waals surface area contributed by atoms with Gasteiger partial charge in [0.2, 0.25) is 17.6 Å². The lowest BCUT2D eigenvalue weighted by atomic mass is 10.2. The monoisotopic (exact) mass is 325 g/mol. The summed E-state index contributed by atoms with van der Waals surface area (Å²) in [5, 5.41) is 6.87. The van der Waals surface area contributed by atoms with Gasteiger partial charge in [0.25, 0.3) is 0 Å². The molecule has 1 aromatic carbocycles. The predicted octanol–water partition coefficient (Wildman–Crippen LogP) is 3.53. The van der Waals surface area contributed by atoms with Crippen LogP contribution in [0.3, 0.4) is 0 Å². The number of aryl methyl sites for hydroxylation is 1. The van der Waals surface area contributed by atoms with Gasteiger partial charge in [0.15, 0.2) is 0 Å². The van der Waals surface area contributed by atoms with Gasteiger partial charge in [-0.05, 0) is 25.5 Å². The summed E-state index contributed by atoms with van der Waals surface area (Å²) in [6.45, 7) is 1.89. The molecule has 124 valence electrons. The lowest BCUT2D eigenvalue weighted by Crippen LogP contribution is -2.26. The average Bonchev–Trinajstić information content (AvgIpc) is 3.27. The molecular weight excluding hydrogens is 306 g/mol. The number of carbonyl (C=O) groups is 1. The number of aromatic nitrogens is 2. The number of amides is 1. The fourth-order valence-corrected chi connectivity index (χ4v) is 2.38. The second-order valence-electron chi connectivity index (χ2n) is 5.54. The van der Waals surface area contributed by atoms with Crippen LogP contribution in [0, 0.1) is 0 Å². The second-order valence-corrected chi connectivity index (χ2v) is 5.54. The first-order valence-corrected chi connectivity index (χ1v) is 7.93. The maximum absolute atomic E-state index is 11.9. The number of hydrogen-bond donors (Lipinski definition) is 1. The summed E-state index contributed by atoms with van der Waals surface area (Å²) in [5.41, 5.74) is 0.914. The van der Waals surface area contributed by atoms with Gasteiger partial charge in [-0.1, -0.05) is 35.5 Å². The first-order chi connectivity index (χ1) is 11.7. The van der Waals surface area contributed by atoms with Gasteiger partial charge in [-0.25, -0.2) is 0 Å². The predicted molar refractivity (Wildman–Crippen MR) is 87.9 cm³/mol. The normalized spacial score (nSPS) is 12.0. The molecule has 2 aromatic heterocycles. The molecule has 0 spiro atoms. The van der Waals surface area contributed by atoms with Gasteiger partial charge in [0.05, 0.1) is 12.3 Å². The van der Waals surface area contributed by atoms with E-state index in [1.807, 2.05) is 43.3 Å². The van der Waals surface area contributed by atoms with Crippen LogP contribution < -0.4 is 5.32 Å². The van der Waals surface area contributed by atoms with E-state index in [0.717, 1.165) is 11.3 Å². The average molecular weight is 325 g/mol. The smallest absolute Gasteiger partial charge is 0.226 e. The molecule has 6 heteroatoms. The highest BCUT2D eigenvalue weighted by Crippen LogP contribution is 2.16. The number of nitrogens with one attached hydrogen (secondary N) is 1. The molecule has 0 aliphatic rings. The van der Waals surface area contributed by atoms with Crippen molar-refractivity contribution >= 4 is 5.91 Å². The van der Waals surface area contributed by atoms with Crippen LogP contribution in [0.25, 0.3) is 11.4 Å². The zero-order valence-corrected chi connectivity index (χ0v) is 13.4. The van der Waals surface area contributed by atoms with E-state index in [0.29, 0.717) is 31.0 Å². The molecule has 0 aliphatic heterocycles. The molecule has 0 fully saturated rings. The summed E-state index contributed by atoms with van der Waals surface area (Å²) < 4.78 is 10.5.